The lowest BCUT2D eigenvalue weighted by Gasteiger charge is -2.15. The summed E-state index contributed by atoms with van der Waals surface area (Å²) in [6.45, 7) is 2.30. The van der Waals surface area contributed by atoms with Gasteiger partial charge in [-0.1, -0.05) is 49.1 Å². The van der Waals surface area contributed by atoms with Crippen molar-refractivity contribution in [1.29, 1.82) is 0 Å². The van der Waals surface area contributed by atoms with E-state index in [-0.39, 0.29) is 5.91 Å². The number of aromatic nitrogens is 1. The topological polar surface area (TPSA) is 57.3 Å². The van der Waals surface area contributed by atoms with E-state index in [1.54, 1.807) is 0 Å². The predicted molar refractivity (Wildman–Crippen MR) is 122 cm³/mol. The number of thiazole rings is 1. The van der Waals surface area contributed by atoms with Crippen LogP contribution in [0.25, 0.3) is 0 Å². The fraction of sp³-hybridized carbons (Fsp3) is 0.478. The number of nitrogens with one attached hydrogen (secondary N) is 2. The molecule has 0 saturated carbocycles. The van der Waals surface area contributed by atoms with Crippen LogP contribution >= 0.6 is 11.3 Å². The Morgan fingerprint density at radius 2 is 1.90 bits per heavy atom. The fourth-order valence-electron chi connectivity index (χ4n) is 3.48. The summed E-state index contributed by atoms with van der Waals surface area (Å²) in [4.78, 5) is 18.9. The van der Waals surface area contributed by atoms with Crippen molar-refractivity contribution in [3.8, 4) is 0 Å². The lowest BCUT2D eigenvalue weighted by Crippen LogP contribution is -2.32. The predicted octanol–water partition coefficient (Wildman–Crippen LogP) is 4.90. The van der Waals surface area contributed by atoms with E-state index in [4.69, 9.17) is 0 Å². The van der Waals surface area contributed by atoms with E-state index >= 15 is 0 Å². The number of carbonyl (C=O) groups excluding carboxylic acids is 1. The summed E-state index contributed by atoms with van der Waals surface area (Å²) in [5.41, 5.74) is 3.05. The highest BCUT2D eigenvalue weighted by Gasteiger charge is 2.13. The van der Waals surface area contributed by atoms with Crippen LogP contribution in [0.5, 0.6) is 0 Å². The zero-order valence-electron chi connectivity index (χ0n) is 17.3. The third-order valence-corrected chi connectivity index (χ3v) is 6.15. The molecule has 29 heavy (non-hydrogen) atoms. The molecule has 0 radical (unpaired) electrons. The van der Waals surface area contributed by atoms with Crippen LogP contribution in [0.1, 0.15) is 55.4 Å². The van der Waals surface area contributed by atoms with Gasteiger partial charge in [0, 0.05) is 37.7 Å². The first-order valence-electron chi connectivity index (χ1n) is 10.6. The van der Waals surface area contributed by atoms with Crippen molar-refractivity contribution in [2.75, 3.05) is 31.6 Å². The molecule has 0 unspecified atom stereocenters. The zero-order valence-corrected chi connectivity index (χ0v) is 18.1. The van der Waals surface area contributed by atoms with Crippen molar-refractivity contribution in [1.82, 2.24) is 15.6 Å². The van der Waals surface area contributed by atoms with Gasteiger partial charge in [0.15, 0.2) is 5.13 Å². The van der Waals surface area contributed by atoms with Gasteiger partial charge in [0.25, 0.3) is 5.91 Å². The molecule has 1 aliphatic carbocycles. The lowest BCUT2D eigenvalue weighted by molar-refractivity contribution is 0.0950. The number of nitrogens with zero attached hydrogens (tertiary/aromatic N) is 2. The summed E-state index contributed by atoms with van der Waals surface area (Å²) < 4.78 is 0. The van der Waals surface area contributed by atoms with E-state index in [1.807, 2.05) is 47.7 Å². The first-order valence-corrected chi connectivity index (χ1v) is 11.5. The van der Waals surface area contributed by atoms with Crippen molar-refractivity contribution in [3.05, 3.63) is 53.1 Å². The van der Waals surface area contributed by atoms with Crippen LogP contribution in [0.4, 0.5) is 10.8 Å². The SMILES string of the molecule is CN(c1ccccc1)c1nc(C(=O)NCCNC/C2=C/CCCCCCC2)cs1. The second-order valence-electron chi connectivity index (χ2n) is 7.51. The maximum Gasteiger partial charge on any atom is 0.270 e. The second-order valence-corrected chi connectivity index (χ2v) is 8.35. The number of benzene rings is 1. The van der Waals surface area contributed by atoms with Gasteiger partial charge >= 0.3 is 0 Å². The molecule has 1 aliphatic rings. The summed E-state index contributed by atoms with van der Waals surface area (Å²) in [7, 11) is 1.96. The average molecular weight is 413 g/mol. The molecule has 0 spiro atoms. The summed E-state index contributed by atoms with van der Waals surface area (Å²) in [5.74, 6) is -0.114. The van der Waals surface area contributed by atoms with E-state index < -0.39 is 0 Å². The van der Waals surface area contributed by atoms with Gasteiger partial charge in [-0.2, -0.15) is 0 Å². The Bertz CT molecular complexity index is 787. The third kappa shape index (κ3) is 6.98. The van der Waals surface area contributed by atoms with Crippen LogP contribution in [0, 0.1) is 0 Å². The van der Waals surface area contributed by atoms with E-state index in [2.05, 4.69) is 21.7 Å². The van der Waals surface area contributed by atoms with Crippen molar-refractivity contribution in [3.63, 3.8) is 0 Å². The van der Waals surface area contributed by atoms with Gasteiger partial charge in [0.2, 0.25) is 0 Å². The van der Waals surface area contributed by atoms with Gasteiger partial charge in [0.1, 0.15) is 5.69 Å². The summed E-state index contributed by atoms with van der Waals surface area (Å²) in [6.07, 6.45) is 11.5. The molecule has 5 nitrogen and oxygen atoms in total. The molecule has 1 aromatic carbocycles. The number of para-hydroxylation sites is 1. The first kappa shape index (κ1) is 21.5. The highest BCUT2D eigenvalue weighted by Crippen LogP contribution is 2.26. The smallest absolute Gasteiger partial charge is 0.270 e. The minimum Gasteiger partial charge on any atom is -0.349 e. The highest BCUT2D eigenvalue weighted by atomic mass is 32.1. The molecule has 1 aromatic heterocycles. The van der Waals surface area contributed by atoms with Crippen LogP contribution in [-0.2, 0) is 0 Å². The van der Waals surface area contributed by atoms with E-state index in [0.717, 1.165) is 23.9 Å². The largest absolute Gasteiger partial charge is 0.349 e. The number of hydrogen-bond acceptors (Lipinski definition) is 5. The molecular formula is C23H32N4OS. The third-order valence-electron chi connectivity index (χ3n) is 5.23. The highest BCUT2D eigenvalue weighted by molar-refractivity contribution is 7.14. The molecule has 0 bridgehead atoms. The van der Waals surface area contributed by atoms with Crippen LogP contribution in [0.3, 0.4) is 0 Å². The molecule has 0 aliphatic heterocycles. The molecule has 6 heteroatoms. The monoisotopic (exact) mass is 412 g/mol. The Hall–Kier alpha value is -2.18. The number of rotatable bonds is 8. The molecular weight excluding hydrogens is 380 g/mol. The average Bonchev–Trinajstić information content (AvgIpc) is 3.28. The Morgan fingerprint density at radius 1 is 1.10 bits per heavy atom. The molecule has 0 fully saturated rings. The Labute approximate surface area is 178 Å². The lowest BCUT2D eigenvalue weighted by atomic mass is 10.1. The van der Waals surface area contributed by atoms with Gasteiger partial charge in [0.05, 0.1) is 0 Å². The quantitative estimate of drug-likeness (QED) is 0.478. The molecule has 0 atom stereocenters. The zero-order chi connectivity index (χ0) is 20.3. The first-order chi connectivity index (χ1) is 14.2. The van der Waals surface area contributed by atoms with Crippen LogP contribution < -0.4 is 15.5 Å². The minimum atomic E-state index is -0.114. The maximum atomic E-state index is 12.4. The molecule has 1 heterocycles. The Kier molecular flexibility index (Phi) is 8.71. The maximum absolute atomic E-state index is 12.4. The summed E-state index contributed by atoms with van der Waals surface area (Å²) in [5, 5.41) is 9.06. The van der Waals surface area contributed by atoms with Crippen LogP contribution in [0.15, 0.2) is 47.4 Å². The second kappa shape index (κ2) is 11.7. The van der Waals surface area contributed by atoms with Crippen LogP contribution in [-0.4, -0.2) is 37.6 Å². The Balaban J connectivity index is 1.39. The van der Waals surface area contributed by atoms with Gasteiger partial charge in [-0.15, -0.1) is 11.3 Å². The Morgan fingerprint density at radius 3 is 2.76 bits per heavy atom. The van der Waals surface area contributed by atoms with Gasteiger partial charge in [-0.3, -0.25) is 4.79 Å². The van der Waals surface area contributed by atoms with Crippen molar-refractivity contribution in [2.24, 2.45) is 0 Å². The fourth-order valence-corrected chi connectivity index (χ4v) is 4.28. The number of carbonyl (C=O) groups is 1. The number of allylic oxidation sites excluding steroid dienone is 1. The van der Waals surface area contributed by atoms with Crippen molar-refractivity contribution >= 4 is 28.1 Å². The summed E-state index contributed by atoms with van der Waals surface area (Å²) >= 11 is 1.48. The van der Waals surface area contributed by atoms with E-state index in [1.165, 1.54) is 61.9 Å². The number of amides is 1. The molecule has 3 rings (SSSR count). The van der Waals surface area contributed by atoms with Crippen LogP contribution in [0.2, 0.25) is 0 Å². The van der Waals surface area contributed by atoms with Gasteiger partial charge < -0.3 is 15.5 Å². The van der Waals surface area contributed by atoms with E-state index in [0.29, 0.717) is 12.2 Å². The van der Waals surface area contributed by atoms with Gasteiger partial charge in [-0.25, -0.2) is 4.98 Å². The summed E-state index contributed by atoms with van der Waals surface area (Å²) in [6, 6.07) is 10.0. The molecule has 1 amide bonds. The van der Waals surface area contributed by atoms with Crippen molar-refractivity contribution in [2.45, 2.75) is 44.9 Å². The number of hydrogen-bond donors (Lipinski definition) is 2. The minimum absolute atomic E-state index is 0.114. The molecule has 2 aromatic rings. The normalized spacial score (nSPS) is 16.8. The number of anilines is 2. The molecule has 2 N–H and O–H groups in total. The van der Waals surface area contributed by atoms with Crippen molar-refractivity contribution < 1.29 is 4.79 Å². The van der Waals surface area contributed by atoms with E-state index in [9.17, 15) is 4.79 Å². The molecule has 156 valence electrons. The standard InChI is InChI=1S/C23H32N4OS/c1-27(20-13-9-6-10-14-20)23-26-21(18-29-23)22(28)25-16-15-24-17-19-11-7-4-2-3-5-8-12-19/h6,9-11,13-14,18,24H,2-5,7-8,12,15-17H2,1H3,(H,25,28)/b19-11+. The van der Waals surface area contributed by atoms with Gasteiger partial charge in [-0.05, 0) is 37.8 Å². The molecule has 0 saturated heterocycles.